The van der Waals surface area contributed by atoms with Gasteiger partial charge in [-0.3, -0.25) is 9.59 Å². The van der Waals surface area contributed by atoms with Gasteiger partial charge in [0.25, 0.3) is 0 Å². The average molecular weight is 434 g/mol. The minimum Gasteiger partial charge on any atom is -0.497 e. The molecule has 3 aromatic carbocycles. The molecule has 1 heterocycles. The molecule has 0 amide bonds. The van der Waals surface area contributed by atoms with Gasteiger partial charge in [-0.1, -0.05) is 29.8 Å². The van der Waals surface area contributed by atoms with Gasteiger partial charge in [0.15, 0.2) is 5.78 Å². The summed E-state index contributed by atoms with van der Waals surface area (Å²) in [5, 5.41) is 0.933. The minimum atomic E-state index is -0.361. The highest BCUT2D eigenvalue weighted by Gasteiger charge is 2.18. The number of fused-ring (bicyclic) bond motifs is 1. The lowest BCUT2D eigenvalue weighted by Crippen LogP contribution is -2.20. The van der Waals surface area contributed by atoms with Crippen LogP contribution in [0.3, 0.4) is 0 Å². The smallest absolute Gasteiger partial charge is 0.200 e. The predicted molar refractivity (Wildman–Crippen MR) is 122 cm³/mol. The van der Waals surface area contributed by atoms with E-state index in [1.807, 2.05) is 34.9 Å². The maximum absolute atomic E-state index is 13.3. The number of methoxy groups -OCH3 is 2. The van der Waals surface area contributed by atoms with Crippen molar-refractivity contribution in [3.8, 4) is 11.5 Å². The SMILES string of the molecule is COc1ccc2c(c1)c(=O)c(C(=O)c1ccc(Cl)cc1)cn2Cc1ccccc1OC. The maximum atomic E-state index is 13.3. The van der Waals surface area contributed by atoms with E-state index in [-0.39, 0.29) is 16.8 Å². The number of nitrogens with zero attached hydrogens (tertiary/aromatic N) is 1. The Morgan fingerprint density at radius 1 is 0.968 bits per heavy atom. The molecular weight excluding hydrogens is 414 g/mol. The fraction of sp³-hybridized carbons (Fsp3) is 0.120. The topological polar surface area (TPSA) is 57.5 Å². The van der Waals surface area contributed by atoms with Crippen LogP contribution in [0.25, 0.3) is 10.9 Å². The second-order valence-electron chi connectivity index (χ2n) is 7.03. The van der Waals surface area contributed by atoms with Gasteiger partial charge in [0.05, 0.1) is 37.2 Å². The van der Waals surface area contributed by atoms with E-state index in [1.165, 1.54) is 7.11 Å². The number of hydrogen-bond acceptors (Lipinski definition) is 4. The Morgan fingerprint density at radius 3 is 2.42 bits per heavy atom. The second-order valence-corrected chi connectivity index (χ2v) is 7.47. The summed E-state index contributed by atoms with van der Waals surface area (Å²) >= 11 is 5.95. The largest absolute Gasteiger partial charge is 0.497 e. The molecule has 0 N–H and O–H groups in total. The quantitative estimate of drug-likeness (QED) is 0.404. The second kappa shape index (κ2) is 8.66. The van der Waals surface area contributed by atoms with E-state index >= 15 is 0 Å². The molecule has 31 heavy (non-hydrogen) atoms. The van der Waals surface area contributed by atoms with Crippen LogP contribution in [0, 0.1) is 0 Å². The molecule has 0 bridgehead atoms. The molecule has 4 aromatic rings. The third-order valence-electron chi connectivity index (χ3n) is 5.17. The molecule has 0 radical (unpaired) electrons. The molecule has 0 unspecified atom stereocenters. The van der Waals surface area contributed by atoms with Crippen molar-refractivity contribution in [2.75, 3.05) is 14.2 Å². The highest BCUT2D eigenvalue weighted by molar-refractivity contribution is 6.30. The van der Waals surface area contributed by atoms with Crippen molar-refractivity contribution < 1.29 is 14.3 Å². The number of rotatable bonds is 6. The first-order valence-corrected chi connectivity index (χ1v) is 10.0. The van der Waals surface area contributed by atoms with Crippen LogP contribution in [-0.2, 0) is 6.54 Å². The van der Waals surface area contributed by atoms with Crippen LogP contribution in [0.5, 0.6) is 11.5 Å². The molecule has 0 atom stereocenters. The van der Waals surface area contributed by atoms with Crippen LogP contribution >= 0.6 is 11.6 Å². The van der Waals surface area contributed by atoms with Gasteiger partial charge in [0, 0.05) is 22.3 Å². The standard InChI is InChI=1S/C25H20ClNO4/c1-30-19-11-12-22-20(13-19)25(29)21(24(28)16-7-9-18(26)10-8-16)15-27(22)14-17-5-3-4-6-23(17)31-2/h3-13,15H,14H2,1-2H3. The number of benzene rings is 3. The number of ketones is 1. The summed E-state index contributed by atoms with van der Waals surface area (Å²) in [6.45, 7) is 0.425. The minimum absolute atomic E-state index is 0.0815. The van der Waals surface area contributed by atoms with Crippen molar-refractivity contribution in [3.63, 3.8) is 0 Å². The van der Waals surface area contributed by atoms with Crippen molar-refractivity contribution in [3.05, 3.63) is 105 Å². The number of pyridine rings is 1. The van der Waals surface area contributed by atoms with Crippen molar-refractivity contribution in [2.45, 2.75) is 6.54 Å². The zero-order valence-corrected chi connectivity index (χ0v) is 17.8. The third kappa shape index (κ3) is 4.05. The number of hydrogen-bond donors (Lipinski definition) is 0. The predicted octanol–water partition coefficient (Wildman–Crippen LogP) is 4.95. The summed E-state index contributed by atoms with van der Waals surface area (Å²) in [7, 11) is 3.15. The van der Waals surface area contributed by atoms with E-state index in [0.29, 0.717) is 33.8 Å². The van der Waals surface area contributed by atoms with Crippen molar-refractivity contribution in [2.24, 2.45) is 0 Å². The molecule has 0 saturated heterocycles. The van der Waals surface area contributed by atoms with Crippen LogP contribution in [0.1, 0.15) is 21.5 Å². The average Bonchev–Trinajstić information content (AvgIpc) is 2.81. The number of halogens is 1. The molecule has 0 aliphatic heterocycles. The summed E-state index contributed by atoms with van der Waals surface area (Å²) < 4.78 is 12.7. The Balaban J connectivity index is 1.92. The van der Waals surface area contributed by atoms with Crippen LogP contribution in [0.15, 0.2) is 77.7 Å². The lowest BCUT2D eigenvalue weighted by molar-refractivity contribution is 0.103. The zero-order valence-electron chi connectivity index (χ0n) is 17.1. The Kier molecular flexibility index (Phi) is 5.78. The van der Waals surface area contributed by atoms with Crippen molar-refractivity contribution in [1.82, 2.24) is 4.57 Å². The van der Waals surface area contributed by atoms with E-state index in [9.17, 15) is 9.59 Å². The number of para-hydroxylation sites is 1. The zero-order chi connectivity index (χ0) is 22.0. The van der Waals surface area contributed by atoms with Gasteiger partial charge in [-0.2, -0.15) is 0 Å². The lowest BCUT2D eigenvalue weighted by Gasteiger charge is -2.16. The first kappa shape index (κ1) is 20.7. The third-order valence-corrected chi connectivity index (χ3v) is 5.42. The number of carbonyl (C=O) groups is 1. The van der Waals surface area contributed by atoms with E-state index in [2.05, 4.69) is 0 Å². The molecule has 5 nitrogen and oxygen atoms in total. The van der Waals surface area contributed by atoms with Crippen molar-refractivity contribution in [1.29, 1.82) is 0 Å². The van der Waals surface area contributed by atoms with Gasteiger partial charge in [-0.25, -0.2) is 0 Å². The van der Waals surface area contributed by atoms with E-state index in [4.69, 9.17) is 21.1 Å². The van der Waals surface area contributed by atoms with Crippen LogP contribution in [-0.4, -0.2) is 24.6 Å². The summed E-state index contributed by atoms with van der Waals surface area (Å²) in [4.78, 5) is 26.5. The molecule has 4 rings (SSSR count). The summed E-state index contributed by atoms with van der Waals surface area (Å²) in [5.74, 6) is 0.915. The van der Waals surface area contributed by atoms with Gasteiger partial charge >= 0.3 is 0 Å². The monoisotopic (exact) mass is 433 g/mol. The van der Waals surface area contributed by atoms with Gasteiger partial charge in [-0.15, -0.1) is 0 Å². The highest BCUT2D eigenvalue weighted by Crippen LogP contribution is 2.24. The molecule has 0 fully saturated rings. The molecule has 156 valence electrons. The van der Waals surface area contributed by atoms with E-state index in [1.54, 1.807) is 49.7 Å². The fourth-order valence-electron chi connectivity index (χ4n) is 3.57. The maximum Gasteiger partial charge on any atom is 0.200 e. The highest BCUT2D eigenvalue weighted by atomic mass is 35.5. The number of ether oxygens (including phenoxy) is 2. The Bertz CT molecular complexity index is 1330. The van der Waals surface area contributed by atoms with E-state index < -0.39 is 0 Å². The molecule has 0 aliphatic carbocycles. The van der Waals surface area contributed by atoms with E-state index in [0.717, 1.165) is 11.3 Å². The number of aromatic nitrogens is 1. The summed E-state index contributed by atoms with van der Waals surface area (Å²) in [6.07, 6.45) is 1.61. The number of carbonyl (C=O) groups excluding carboxylic acids is 1. The first-order valence-electron chi connectivity index (χ1n) is 9.65. The van der Waals surface area contributed by atoms with Gasteiger partial charge < -0.3 is 14.0 Å². The molecule has 0 spiro atoms. The fourth-order valence-corrected chi connectivity index (χ4v) is 3.70. The molecular formula is C25H20ClNO4. The molecule has 6 heteroatoms. The van der Waals surface area contributed by atoms with Gasteiger partial charge in [0.2, 0.25) is 5.43 Å². The summed E-state index contributed by atoms with van der Waals surface area (Å²) in [5.41, 5.74) is 1.76. The van der Waals surface area contributed by atoms with Crippen molar-refractivity contribution >= 4 is 28.3 Å². The van der Waals surface area contributed by atoms with Crippen LogP contribution < -0.4 is 14.9 Å². The Morgan fingerprint density at radius 2 is 1.71 bits per heavy atom. The normalized spacial score (nSPS) is 10.8. The molecule has 0 saturated carbocycles. The molecule has 0 aliphatic rings. The van der Waals surface area contributed by atoms with Crippen LogP contribution in [0.2, 0.25) is 5.02 Å². The lowest BCUT2D eigenvalue weighted by atomic mass is 10.0. The van der Waals surface area contributed by atoms with Gasteiger partial charge in [-0.05, 0) is 48.5 Å². The Labute approximate surface area is 184 Å². The molecule has 1 aromatic heterocycles. The van der Waals surface area contributed by atoms with Gasteiger partial charge in [0.1, 0.15) is 11.5 Å². The first-order chi connectivity index (χ1) is 15.0. The Hall–Kier alpha value is -3.57. The van der Waals surface area contributed by atoms with Crippen LogP contribution in [0.4, 0.5) is 0 Å². The summed E-state index contributed by atoms with van der Waals surface area (Å²) in [6, 6.07) is 19.4.